The van der Waals surface area contributed by atoms with Gasteiger partial charge in [-0.1, -0.05) is 6.92 Å². The molecule has 102 valence electrons. The van der Waals surface area contributed by atoms with Gasteiger partial charge in [-0.15, -0.1) is 0 Å². The van der Waals surface area contributed by atoms with Crippen molar-refractivity contribution < 1.29 is 4.74 Å². The SMILES string of the molecule is CCN1CCN(C(C)(CN)C(C)OC)CC1C. The average molecular weight is 243 g/mol. The molecule has 0 bridgehead atoms. The fourth-order valence-corrected chi connectivity index (χ4v) is 2.74. The molecule has 4 nitrogen and oxygen atoms in total. The number of rotatable bonds is 5. The van der Waals surface area contributed by atoms with Gasteiger partial charge in [-0.25, -0.2) is 0 Å². The van der Waals surface area contributed by atoms with E-state index in [9.17, 15) is 0 Å². The molecule has 4 heteroatoms. The Morgan fingerprint density at radius 1 is 1.47 bits per heavy atom. The molecule has 17 heavy (non-hydrogen) atoms. The lowest BCUT2D eigenvalue weighted by molar-refractivity contribution is -0.0600. The third-order valence-electron chi connectivity index (χ3n) is 4.54. The van der Waals surface area contributed by atoms with Gasteiger partial charge in [-0.3, -0.25) is 9.80 Å². The van der Waals surface area contributed by atoms with Crippen molar-refractivity contribution in [2.24, 2.45) is 5.73 Å². The van der Waals surface area contributed by atoms with Gasteiger partial charge < -0.3 is 10.5 Å². The van der Waals surface area contributed by atoms with Gasteiger partial charge in [-0.05, 0) is 27.3 Å². The molecule has 1 saturated heterocycles. The normalized spacial score (nSPS) is 28.9. The minimum atomic E-state index is -0.0527. The first-order valence-electron chi connectivity index (χ1n) is 6.71. The summed E-state index contributed by atoms with van der Waals surface area (Å²) in [6, 6.07) is 0.601. The van der Waals surface area contributed by atoms with Crippen molar-refractivity contribution in [3.63, 3.8) is 0 Å². The Morgan fingerprint density at radius 2 is 2.12 bits per heavy atom. The number of hydrogen-bond donors (Lipinski definition) is 1. The minimum absolute atomic E-state index is 0.0527. The number of likely N-dealkylation sites (N-methyl/N-ethyl adjacent to an activating group) is 1. The van der Waals surface area contributed by atoms with Crippen LogP contribution in [0.5, 0.6) is 0 Å². The number of ether oxygens (including phenoxy) is 1. The predicted molar refractivity (Wildman–Crippen MR) is 72.2 cm³/mol. The third kappa shape index (κ3) is 2.99. The standard InChI is InChI=1S/C13H29N3O/c1-6-15-7-8-16(9-11(15)2)13(4,10-14)12(3)17-5/h11-12H,6-10,14H2,1-5H3. The van der Waals surface area contributed by atoms with Crippen molar-refractivity contribution in [3.8, 4) is 0 Å². The summed E-state index contributed by atoms with van der Waals surface area (Å²) in [6.45, 7) is 13.9. The summed E-state index contributed by atoms with van der Waals surface area (Å²) in [5, 5.41) is 0. The molecular weight excluding hydrogens is 214 g/mol. The molecule has 1 aliphatic heterocycles. The number of nitrogens with zero attached hydrogens (tertiary/aromatic N) is 2. The van der Waals surface area contributed by atoms with Crippen LogP contribution in [0.2, 0.25) is 0 Å². The summed E-state index contributed by atoms with van der Waals surface area (Å²) in [6.07, 6.45) is 0.160. The van der Waals surface area contributed by atoms with E-state index in [0.717, 1.165) is 26.2 Å². The molecule has 3 unspecified atom stereocenters. The van der Waals surface area contributed by atoms with Crippen LogP contribution < -0.4 is 5.73 Å². The fraction of sp³-hybridized carbons (Fsp3) is 1.00. The molecule has 0 amide bonds. The first kappa shape index (κ1) is 14.9. The molecule has 0 aromatic rings. The highest BCUT2D eigenvalue weighted by Crippen LogP contribution is 2.24. The van der Waals surface area contributed by atoms with Gasteiger partial charge in [0.25, 0.3) is 0 Å². The van der Waals surface area contributed by atoms with Crippen molar-refractivity contribution in [3.05, 3.63) is 0 Å². The van der Waals surface area contributed by atoms with Crippen LogP contribution in [0, 0.1) is 0 Å². The Bertz CT molecular complexity index is 237. The van der Waals surface area contributed by atoms with E-state index in [1.807, 2.05) is 0 Å². The Kier molecular flexibility index (Phi) is 5.38. The second-order valence-corrected chi connectivity index (χ2v) is 5.36. The zero-order valence-electron chi connectivity index (χ0n) is 12.1. The lowest BCUT2D eigenvalue weighted by Crippen LogP contribution is -2.65. The molecule has 0 aromatic heterocycles. The Balaban J connectivity index is 2.72. The minimum Gasteiger partial charge on any atom is -0.380 e. The molecule has 1 heterocycles. The van der Waals surface area contributed by atoms with Gasteiger partial charge in [0.05, 0.1) is 11.6 Å². The van der Waals surface area contributed by atoms with Crippen molar-refractivity contribution >= 4 is 0 Å². The summed E-state index contributed by atoms with van der Waals surface area (Å²) in [4.78, 5) is 5.02. The molecule has 3 atom stereocenters. The maximum absolute atomic E-state index is 5.99. The van der Waals surface area contributed by atoms with E-state index in [4.69, 9.17) is 10.5 Å². The molecule has 1 fully saturated rings. The van der Waals surface area contributed by atoms with Gasteiger partial charge in [0, 0.05) is 39.3 Å². The maximum atomic E-state index is 5.99. The second-order valence-electron chi connectivity index (χ2n) is 5.36. The lowest BCUT2D eigenvalue weighted by Gasteiger charge is -2.50. The predicted octanol–water partition coefficient (Wildman–Crippen LogP) is 0.765. The molecule has 1 rings (SSSR count). The van der Waals surface area contributed by atoms with Gasteiger partial charge in [0.15, 0.2) is 0 Å². The number of piperazine rings is 1. The van der Waals surface area contributed by atoms with Crippen LogP contribution in [0.3, 0.4) is 0 Å². The smallest absolute Gasteiger partial charge is 0.0736 e. The van der Waals surface area contributed by atoms with E-state index in [1.54, 1.807) is 7.11 Å². The summed E-state index contributed by atoms with van der Waals surface area (Å²) in [7, 11) is 1.77. The van der Waals surface area contributed by atoms with E-state index < -0.39 is 0 Å². The van der Waals surface area contributed by atoms with Crippen LogP contribution in [0.25, 0.3) is 0 Å². The zero-order chi connectivity index (χ0) is 13.1. The molecule has 0 saturated carbocycles. The second kappa shape index (κ2) is 6.14. The van der Waals surface area contributed by atoms with Gasteiger partial charge in [-0.2, -0.15) is 0 Å². The lowest BCUT2D eigenvalue weighted by atomic mass is 9.91. The van der Waals surface area contributed by atoms with Crippen LogP contribution >= 0.6 is 0 Å². The van der Waals surface area contributed by atoms with Gasteiger partial charge in [0.1, 0.15) is 0 Å². The van der Waals surface area contributed by atoms with E-state index in [0.29, 0.717) is 12.6 Å². The van der Waals surface area contributed by atoms with Crippen molar-refractivity contribution in [2.45, 2.75) is 45.4 Å². The molecular formula is C13H29N3O. The fourth-order valence-electron chi connectivity index (χ4n) is 2.74. The van der Waals surface area contributed by atoms with Crippen molar-refractivity contribution in [2.75, 3.05) is 39.8 Å². The molecule has 1 aliphatic rings. The maximum Gasteiger partial charge on any atom is 0.0736 e. The molecule has 2 N–H and O–H groups in total. The van der Waals surface area contributed by atoms with Gasteiger partial charge >= 0.3 is 0 Å². The summed E-state index contributed by atoms with van der Waals surface area (Å²) in [5.41, 5.74) is 5.94. The molecule has 0 aliphatic carbocycles. The monoisotopic (exact) mass is 243 g/mol. The first-order chi connectivity index (χ1) is 7.99. The topological polar surface area (TPSA) is 41.7 Å². The third-order valence-corrected chi connectivity index (χ3v) is 4.54. The number of methoxy groups -OCH3 is 1. The highest BCUT2D eigenvalue weighted by molar-refractivity contribution is 4.96. The number of nitrogens with two attached hydrogens (primary N) is 1. The van der Waals surface area contributed by atoms with E-state index in [1.165, 1.54) is 0 Å². The van der Waals surface area contributed by atoms with E-state index >= 15 is 0 Å². The molecule has 0 radical (unpaired) electrons. The summed E-state index contributed by atoms with van der Waals surface area (Å²) < 4.78 is 5.51. The Labute approximate surface area is 106 Å². The van der Waals surface area contributed by atoms with Crippen molar-refractivity contribution in [1.82, 2.24) is 9.80 Å². The van der Waals surface area contributed by atoms with Crippen LogP contribution in [0.15, 0.2) is 0 Å². The Hall–Kier alpha value is -0.160. The van der Waals surface area contributed by atoms with Crippen LogP contribution in [-0.2, 0) is 4.74 Å². The number of hydrogen-bond acceptors (Lipinski definition) is 4. The van der Waals surface area contributed by atoms with Crippen molar-refractivity contribution in [1.29, 1.82) is 0 Å². The molecule has 0 aromatic carbocycles. The Morgan fingerprint density at radius 3 is 2.53 bits per heavy atom. The highest BCUT2D eigenvalue weighted by atomic mass is 16.5. The van der Waals surface area contributed by atoms with E-state index in [2.05, 4.69) is 37.5 Å². The summed E-state index contributed by atoms with van der Waals surface area (Å²) in [5.74, 6) is 0. The zero-order valence-corrected chi connectivity index (χ0v) is 12.1. The largest absolute Gasteiger partial charge is 0.380 e. The van der Waals surface area contributed by atoms with Crippen LogP contribution in [-0.4, -0.2) is 67.3 Å². The van der Waals surface area contributed by atoms with Crippen LogP contribution in [0.1, 0.15) is 27.7 Å². The van der Waals surface area contributed by atoms with E-state index in [-0.39, 0.29) is 11.6 Å². The molecule has 0 spiro atoms. The average Bonchev–Trinajstić information content (AvgIpc) is 2.36. The quantitative estimate of drug-likeness (QED) is 0.774. The van der Waals surface area contributed by atoms with Crippen LogP contribution in [0.4, 0.5) is 0 Å². The highest BCUT2D eigenvalue weighted by Gasteiger charge is 2.39. The first-order valence-corrected chi connectivity index (χ1v) is 6.71. The summed E-state index contributed by atoms with van der Waals surface area (Å²) >= 11 is 0. The van der Waals surface area contributed by atoms with Gasteiger partial charge in [0.2, 0.25) is 0 Å².